The van der Waals surface area contributed by atoms with Crippen molar-refractivity contribution in [2.24, 2.45) is 0 Å². The van der Waals surface area contributed by atoms with Crippen molar-refractivity contribution in [3.8, 4) is 23.7 Å². The lowest BCUT2D eigenvalue weighted by molar-refractivity contribution is 0.0592. The van der Waals surface area contributed by atoms with Gasteiger partial charge in [-0.1, -0.05) is 128 Å². The molecule has 7 rings (SSSR count). The van der Waals surface area contributed by atoms with Crippen LogP contribution in [0, 0.1) is 23.7 Å². The van der Waals surface area contributed by atoms with E-state index in [0.29, 0.717) is 70.1 Å². The smallest absolute Gasteiger partial charge is 0.261 e. The molecule has 0 N–H and O–H groups in total. The molecular formula is C50H54N2O4. The molecule has 6 nitrogen and oxygen atoms in total. The van der Waals surface area contributed by atoms with E-state index in [1.807, 2.05) is 36.4 Å². The van der Waals surface area contributed by atoms with E-state index < -0.39 is 0 Å². The monoisotopic (exact) mass is 746 g/mol. The third-order valence-corrected chi connectivity index (χ3v) is 11.7. The van der Waals surface area contributed by atoms with E-state index in [2.05, 4.69) is 51.4 Å². The molecule has 0 spiro atoms. The molecule has 56 heavy (non-hydrogen) atoms. The number of hydrogen-bond acceptors (Lipinski definition) is 4. The number of nitrogens with zero attached hydrogens (tertiary/aromatic N) is 2. The number of benzene rings is 5. The molecule has 0 fully saturated rings. The number of hydrogen-bond donors (Lipinski definition) is 0. The van der Waals surface area contributed by atoms with Gasteiger partial charge >= 0.3 is 0 Å². The standard InChI is InChI=1S/C50H54N2O4/c1-5-9-13-15-17-21-29-51-47(53)37-27-25-35-42-34(24-20-12-8-4)32-40-44-38(48(54)52(50(40)56)30-22-18-16-14-10-6-2)28-26-36(46(42)44)41-33(23-19-11-7-3)31-39(49(51)55)43(37)45(35)41/h25-28,31-32H,5-18,21-22,29-30H2,1-4H3. The summed E-state index contributed by atoms with van der Waals surface area (Å²) >= 11 is 0. The van der Waals surface area contributed by atoms with Crippen LogP contribution in [0.1, 0.15) is 183 Å². The highest BCUT2D eigenvalue weighted by Crippen LogP contribution is 2.48. The van der Waals surface area contributed by atoms with Crippen LogP contribution in [-0.2, 0) is 0 Å². The lowest BCUT2D eigenvalue weighted by atomic mass is 9.79. The summed E-state index contributed by atoms with van der Waals surface area (Å²) in [5.74, 6) is 12.4. The highest BCUT2D eigenvalue weighted by atomic mass is 16.2. The lowest BCUT2D eigenvalue weighted by Crippen LogP contribution is -2.41. The molecule has 2 aliphatic rings. The third kappa shape index (κ3) is 6.93. The summed E-state index contributed by atoms with van der Waals surface area (Å²) in [6.07, 6.45) is 15.9. The molecule has 0 bridgehead atoms. The minimum absolute atomic E-state index is 0.265. The van der Waals surface area contributed by atoms with Crippen LogP contribution in [0.4, 0.5) is 0 Å². The van der Waals surface area contributed by atoms with Gasteiger partial charge < -0.3 is 0 Å². The average Bonchev–Trinajstić information content (AvgIpc) is 3.20. The molecule has 2 heterocycles. The van der Waals surface area contributed by atoms with E-state index in [1.54, 1.807) is 0 Å². The first-order valence-electron chi connectivity index (χ1n) is 21.4. The molecule has 0 saturated carbocycles. The van der Waals surface area contributed by atoms with Gasteiger partial charge in [0.25, 0.3) is 23.6 Å². The molecule has 0 atom stereocenters. The van der Waals surface area contributed by atoms with Gasteiger partial charge in [0.15, 0.2) is 0 Å². The van der Waals surface area contributed by atoms with E-state index >= 15 is 0 Å². The van der Waals surface area contributed by atoms with Crippen LogP contribution in [0.25, 0.3) is 43.1 Å². The normalized spacial score (nSPS) is 13.7. The van der Waals surface area contributed by atoms with E-state index in [9.17, 15) is 19.2 Å². The zero-order valence-corrected chi connectivity index (χ0v) is 33.7. The van der Waals surface area contributed by atoms with E-state index in [-0.39, 0.29) is 23.6 Å². The van der Waals surface area contributed by atoms with Gasteiger partial charge in [0.05, 0.1) is 0 Å². The van der Waals surface area contributed by atoms with Crippen molar-refractivity contribution in [1.29, 1.82) is 0 Å². The van der Waals surface area contributed by atoms with Crippen LogP contribution in [0.5, 0.6) is 0 Å². The van der Waals surface area contributed by atoms with E-state index in [0.717, 1.165) is 96.5 Å². The number of carbonyl (C=O) groups excluding carboxylic acids is 4. The van der Waals surface area contributed by atoms with Gasteiger partial charge in [-0.05, 0) is 60.7 Å². The van der Waals surface area contributed by atoms with Gasteiger partial charge in [0.1, 0.15) is 0 Å². The Hall–Kier alpha value is -5.20. The van der Waals surface area contributed by atoms with Gasteiger partial charge in [-0.2, -0.15) is 0 Å². The zero-order valence-electron chi connectivity index (χ0n) is 33.7. The maximum absolute atomic E-state index is 14.4. The number of carbonyl (C=O) groups is 4. The summed E-state index contributed by atoms with van der Waals surface area (Å²) in [7, 11) is 0. The minimum atomic E-state index is -0.279. The maximum Gasteiger partial charge on any atom is 0.261 e. The molecule has 0 aliphatic carbocycles. The summed E-state index contributed by atoms with van der Waals surface area (Å²) in [5, 5.41) is 6.29. The van der Waals surface area contributed by atoms with Gasteiger partial charge in [-0.15, -0.1) is 0 Å². The molecule has 0 saturated heterocycles. The fourth-order valence-corrected chi connectivity index (χ4v) is 8.84. The predicted molar refractivity (Wildman–Crippen MR) is 229 cm³/mol. The minimum Gasteiger partial charge on any atom is -0.274 e. The van der Waals surface area contributed by atoms with Crippen LogP contribution in [-0.4, -0.2) is 46.5 Å². The zero-order chi connectivity index (χ0) is 39.3. The van der Waals surface area contributed by atoms with Crippen LogP contribution in [0.3, 0.4) is 0 Å². The summed E-state index contributed by atoms with van der Waals surface area (Å²) < 4.78 is 0. The Morgan fingerprint density at radius 3 is 1.18 bits per heavy atom. The molecule has 5 aromatic rings. The van der Waals surface area contributed by atoms with Crippen molar-refractivity contribution in [1.82, 2.24) is 9.80 Å². The van der Waals surface area contributed by atoms with Crippen molar-refractivity contribution in [3.05, 3.63) is 69.8 Å². The Morgan fingerprint density at radius 2 is 0.786 bits per heavy atom. The van der Waals surface area contributed by atoms with Crippen molar-refractivity contribution < 1.29 is 19.2 Å². The van der Waals surface area contributed by atoms with E-state index in [4.69, 9.17) is 0 Å². The molecule has 0 aromatic heterocycles. The molecular weight excluding hydrogens is 693 g/mol. The van der Waals surface area contributed by atoms with Gasteiger partial charge in [0.2, 0.25) is 0 Å². The quantitative estimate of drug-likeness (QED) is 0.0331. The summed E-state index contributed by atoms with van der Waals surface area (Å²) in [6.45, 7) is 9.33. The van der Waals surface area contributed by atoms with Crippen LogP contribution >= 0.6 is 0 Å². The number of rotatable bonds is 16. The summed E-state index contributed by atoms with van der Waals surface area (Å²) in [4.78, 5) is 60.1. The Kier molecular flexibility index (Phi) is 12.1. The first kappa shape index (κ1) is 39.1. The summed E-state index contributed by atoms with van der Waals surface area (Å²) in [5.41, 5.74) is 3.45. The molecule has 0 radical (unpaired) electrons. The second-order valence-electron chi connectivity index (χ2n) is 15.7. The lowest BCUT2D eigenvalue weighted by Gasteiger charge is -2.31. The average molecular weight is 747 g/mol. The molecule has 4 amide bonds. The number of imide groups is 2. The Bertz CT molecular complexity index is 2310. The van der Waals surface area contributed by atoms with Crippen molar-refractivity contribution in [3.63, 3.8) is 0 Å². The SMILES string of the molecule is CCCC#Cc1cc2c3c(ccc4c5c(C#CCCC)cc6c7c(ccc(c1c34)c75)C(=O)N(CCCCCCCC)C6=O)C(=O)N(CCCCCCCC)C2=O. The topological polar surface area (TPSA) is 74.8 Å². The van der Waals surface area contributed by atoms with Gasteiger partial charge in [0, 0.05) is 91.6 Å². The Balaban J connectivity index is 1.46. The van der Waals surface area contributed by atoms with Crippen LogP contribution in [0.15, 0.2) is 36.4 Å². The first-order valence-corrected chi connectivity index (χ1v) is 21.4. The van der Waals surface area contributed by atoms with E-state index in [1.165, 1.54) is 35.5 Å². The maximum atomic E-state index is 14.4. The second kappa shape index (κ2) is 17.3. The third-order valence-electron chi connectivity index (χ3n) is 11.7. The number of fused-ring (bicyclic) bond motifs is 2. The highest BCUT2D eigenvalue weighted by Gasteiger charge is 2.38. The van der Waals surface area contributed by atoms with Gasteiger partial charge in [-0.25, -0.2) is 0 Å². The fraction of sp³-hybridized carbons (Fsp3) is 0.440. The second-order valence-corrected chi connectivity index (χ2v) is 15.7. The Labute approximate surface area is 331 Å². The van der Waals surface area contributed by atoms with Crippen molar-refractivity contribution in [2.45, 2.75) is 130 Å². The number of amides is 4. The Morgan fingerprint density at radius 1 is 0.411 bits per heavy atom. The van der Waals surface area contributed by atoms with Crippen LogP contribution in [0.2, 0.25) is 0 Å². The van der Waals surface area contributed by atoms with Crippen molar-refractivity contribution >= 4 is 66.7 Å². The molecule has 2 aliphatic heterocycles. The fourth-order valence-electron chi connectivity index (χ4n) is 8.84. The molecule has 6 heteroatoms. The number of unbranched alkanes of at least 4 members (excludes halogenated alkanes) is 12. The van der Waals surface area contributed by atoms with Crippen LogP contribution < -0.4 is 0 Å². The highest BCUT2D eigenvalue weighted by molar-refractivity contribution is 6.42. The summed E-state index contributed by atoms with van der Waals surface area (Å²) in [6, 6.07) is 11.5. The molecule has 288 valence electrons. The first-order chi connectivity index (χ1) is 27.4. The van der Waals surface area contributed by atoms with Crippen molar-refractivity contribution in [2.75, 3.05) is 13.1 Å². The van der Waals surface area contributed by atoms with Gasteiger partial charge in [-0.3, -0.25) is 29.0 Å². The largest absolute Gasteiger partial charge is 0.274 e. The molecule has 0 unspecified atom stereocenters. The predicted octanol–water partition coefficient (Wildman–Crippen LogP) is 12.0. The molecule has 5 aromatic carbocycles.